The number of fused-ring (bicyclic) bond motifs is 1. The molecule has 5 rings (SSSR count). The minimum atomic E-state index is -0.445. The summed E-state index contributed by atoms with van der Waals surface area (Å²) in [7, 11) is 0. The Balaban J connectivity index is 1.58. The van der Waals surface area contributed by atoms with Gasteiger partial charge in [-0.3, -0.25) is 14.2 Å². The average Bonchev–Trinajstić information content (AvgIpc) is 2.91. The lowest BCUT2D eigenvalue weighted by atomic mass is 10.1. The standard InChI is InChI=1S/C29H26N6O2/c1-18-11-10-16-23-25(18)29(37)35(22-14-8-5-9-15-22)27(33-23)19(2)31-26-24(17-30-20(3)32-26)34-28(36)21-12-6-4-7-13-21/h4-17,19H,1-3H3,(H,34,36)(H,30,31,32)/t19-/m1/s1. The quantitative estimate of drug-likeness (QED) is 0.338. The zero-order chi connectivity index (χ0) is 25.9. The third-order valence-corrected chi connectivity index (χ3v) is 6.08. The van der Waals surface area contributed by atoms with Crippen molar-refractivity contribution < 1.29 is 4.79 Å². The van der Waals surface area contributed by atoms with Gasteiger partial charge in [0.1, 0.15) is 17.3 Å². The Morgan fingerprint density at radius 1 is 0.892 bits per heavy atom. The lowest BCUT2D eigenvalue weighted by Gasteiger charge is -2.21. The monoisotopic (exact) mass is 490 g/mol. The maximum atomic E-state index is 13.8. The van der Waals surface area contributed by atoms with Gasteiger partial charge in [0.15, 0.2) is 5.82 Å². The topological polar surface area (TPSA) is 102 Å². The van der Waals surface area contributed by atoms with Crippen LogP contribution in [0.3, 0.4) is 0 Å². The van der Waals surface area contributed by atoms with Crippen molar-refractivity contribution in [1.29, 1.82) is 0 Å². The van der Waals surface area contributed by atoms with Crippen LogP contribution in [0.5, 0.6) is 0 Å². The lowest BCUT2D eigenvalue weighted by molar-refractivity contribution is 0.102. The third-order valence-electron chi connectivity index (χ3n) is 6.08. The summed E-state index contributed by atoms with van der Waals surface area (Å²) in [5.74, 6) is 1.22. The summed E-state index contributed by atoms with van der Waals surface area (Å²) in [6.45, 7) is 5.59. The highest BCUT2D eigenvalue weighted by molar-refractivity contribution is 6.05. The van der Waals surface area contributed by atoms with E-state index >= 15 is 0 Å². The Morgan fingerprint density at radius 2 is 1.59 bits per heavy atom. The van der Waals surface area contributed by atoms with Crippen molar-refractivity contribution in [3.05, 3.63) is 118 Å². The Labute approximate surface area is 214 Å². The van der Waals surface area contributed by atoms with Gasteiger partial charge in [-0.05, 0) is 56.7 Å². The predicted octanol–water partition coefficient (Wildman–Crippen LogP) is 5.22. The fourth-order valence-corrected chi connectivity index (χ4v) is 4.26. The van der Waals surface area contributed by atoms with Gasteiger partial charge in [0.25, 0.3) is 11.5 Å². The summed E-state index contributed by atoms with van der Waals surface area (Å²) in [4.78, 5) is 40.3. The van der Waals surface area contributed by atoms with Gasteiger partial charge < -0.3 is 10.6 Å². The van der Waals surface area contributed by atoms with Crippen LogP contribution in [0.2, 0.25) is 0 Å². The molecule has 0 aliphatic carbocycles. The van der Waals surface area contributed by atoms with E-state index in [-0.39, 0.29) is 11.5 Å². The van der Waals surface area contributed by atoms with E-state index < -0.39 is 6.04 Å². The Hall–Kier alpha value is -4.85. The molecule has 184 valence electrons. The minimum Gasteiger partial charge on any atom is -0.359 e. The van der Waals surface area contributed by atoms with Crippen LogP contribution < -0.4 is 16.2 Å². The van der Waals surface area contributed by atoms with E-state index in [2.05, 4.69) is 20.6 Å². The van der Waals surface area contributed by atoms with Crippen LogP contribution in [-0.4, -0.2) is 25.4 Å². The number of carbonyl (C=O) groups excluding carboxylic acids is 1. The number of nitrogens with one attached hydrogen (secondary N) is 2. The van der Waals surface area contributed by atoms with E-state index in [9.17, 15) is 9.59 Å². The minimum absolute atomic E-state index is 0.144. The van der Waals surface area contributed by atoms with Crippen LogP contribution in [0.1, 0.15) is 40.5 Å². The highest BCUT2D eigenvalue weighted by atomic mass is 16.1. The van der Waals surface area contributed by atoms with Crippen molar-refractivity contribution in [1.82, 2.24) is 19.5 Å². The van der Waals surface area contributed by atoms with Crippen molar-refractivity contribution in [2.24, 2.45) is 0 Å². The Morgan fingerprint density at radius 3 is 2.32 bits per heavy atom. The second-order valence-corrected chi connectivity index (χ2v) is 8.78. The lowest BCUT2D eigenvalue weighted by Crippen LogP contribution is -2.28. The van der Waals surface area contributed by atoms with Crippen molar-refractivity contribution in [3.8, 4) is 5.69 Å². The molecule has 0 aliphatic heterocycles. The molecule has 0 fully saturated rings. The number of aryl methyl sites for hydroxylation is 2. The predicted molar refractivity (Wildman–Crippen MR) is 145 cm³/mol. The molecule has 0 saturated heterocycles. The van der Waals surface area contributed by atoms with Crippen LogP contribution in [0.25, 0.3) is 16.6 Å². The summed E-state index contributed by atoms with van der Waals surface area (Å²) >= 11 is 0. The Bertz CT molecular complexity index is 1650. The molecule has 8 heteroatoms. The third kappa shape index (κ3) is 4.81. The number of anilines is 2. The molecule has 0 spiro atoms. The van der Waals surface area contributed by atoms with Crippen molar-refractivity contribution in [2.45, 2.75) is 26.8 Å². The highest BCUT2D eigenvalue weighted by Gasteiger charge is 2.21. The number of nitrogens with zero attached hydrogens (tertiary/aromatic N) is 4. The second kappa shape index (κ2) is 10.0. The molecular weight excluding hydrogens is 464 g/mol. The van der Waals surface area contributed by atoms with Crippen LogP contribution >= 0.6 is 0 Å². The molecule has 5 aromatic rings. The van der Waals surface area contributed by atoms with Gasteiger partial charge in [0.2, 0.25) is 0 Å². The number of benzene rings is 3. The van der Waals surface area contributed by atoms with Crippen LogP contribution in [0, 0.1) is 13.8 Å². The van der Waals surface area contributed by atoms with E-state index in [1.165, 1.54) is 0 Å². The van der Waals surface area contributed by atoms with Gasteiger partial charge in [-0.2, -0.15) is 0 Å². The molecule has 8 nitrogen and oxygen atoms in total. The Kier molecular flexibility index (Phi) is 6.47. The number of aromatic nitrogens is 4. The van der Waals surface area contributed by atoms with E-state index in [4.69, 9.17) is 4.98 Å². The molecule has 3 aromatic carbocycles. The number of carbonyl (C=O) groups is 1. The fraction of sp³-hybridized carbons (Fsp3) is 0.138. The summed E-state index contributed by atoms with van der Waals surface area (Å²) < 4.78 is 1.63. The molecule has 0 radical (unpaired) electrons. The second-order valence-electron chi connectivity index (χ2n) is 8.78. The zero-order valence-electron chi connectivity index (χ0n) is 20.8. The van der Waals surface area contributed by atoms with Gasteiger partial charge >= 0.3 is 0 Å². The fourth-order valence-electron chi connectivity index (χ4n) is 4.26. The maximum absolute atomic E-state index is 13.8. The maximum Gasteiger partial charge on any atom is 0.266 e. The van der Waals surface area contributed by atoms with Gasteiger partial charge in [0, 0.05) is 5.56 Å². The molecule has 0 unspecified atom stereocenters. The summed E-state index contributed by atoms with van der Waals surface area (Å²) in [5, 5.41) is 6.82. The zero-order valence-corrected chi connectivity index (χ0v) is 20.8. The van der Waals surface area contributed by atoms with Crippen molar-refractivity contribution >= 4 is 28.3 Å². The number of para-hydroxylation sites is 1. The van der Waals surface area contributed by atoms with Crippen molar-refractivity contribution in [3.63, 3.8) is 0 Å². The van der Waals surface area contributed by atoms with E-state index in [0.29, 0.717) is 45.3 Å². The molecule has 37 heavy (non-hydrogen) atoms. The first-order valence-corrected chi connectivity index (χ1v) is 12.0. The average molecular weight is 491 g/mol. The SMILES string of the molecule is Cc1ncc(NC(=O)c2ccccc2)c(N[C@H](C)c2nc3cccc(C)c3c(=O)n2-c2ccccc2)n1. The van der Waals surface area contributed by atoms with Gasteiger partial charge in [-0.15, -0.1) is 0 Å². The molecule has 0 aliphatic rings. The van der Waals surface area contributed by atoms with Gasteiger partial charge in [-0.25, -0.2) is 15.0 Å². The highest BCUT2D eigenvalue weighted by Crippen LogP contribution is 2.26. The molecular formula is C29H26N6O2. The summed E-state index contributed by atoms with van der Waals surface area (Å²) in [5.41, 5.74) is 3.00. The molecule has 1 amide bonds. The number of hydrogen-bond donors (Lipinski definition) is 2. The van der Waals surface area contributed by atoms with Crippen molar-refractivity contribution in [2.75, 3.05) is 10.6 Å². The summed E-state index contributed by atoms with van der Waals surface area (Å²) in [6.07, 6.45) is 1.57. The van der Waals surface area contributed by atoms with E-state index in [1.54, 1.807) is 42.0 Å². The first-order valence-electron chi connectivity index (χ1n) is 12.0. The number of hydrogen-bond acceptors (Lipinski definition) is 6. The van der Waals surface area contributed by atoms with Crippen LogP contribution in [-0.2, 0) is 0 Å². The van der Waals surface area contributed by atoms with Gasteiger partial charge in [0.05, 0.1) is 28.8 Å². The van der Waals surface area contributed by atoms with E-state index in [1.807, 2.05) is 68.4 Å². The first-order chi connectivity index (χ1) is 17.9. The normalized spacial score (nSPS) is 11.8. The largest absolute Gasteiger partial charge is 0.359 e. The number of amides is 1. The summed E-state index contributed by atoms with van der Waals surface area (Å²) in [6, 6.07) is 23.6. The van der Waals surface area contributed by atoms with Crippen LogP contribution in [0.4, 0.5) is 11.5 Å². The molecule has 2 heterocycles. The van der Waals surface area contributed by atoms with E-state index in [0.717, 1.165) is 5.56 Å². The van der Waals surface area contributed by atoms with Gasteiger partial charge in [-0.1, -0.05) is 48.5 Å². The first kappa shape index (κ1) is 23.9. The molecule has 1 atom stereocenters. The molecule has 2 aromatic heterocycles. The molecule has 0 saturated carbocycles. The van der Waals surface area contributed by atoms with Crippen LogP contribution in [0.15, 0.2) is 89.9 Å². The molecule has 2 N–H and O–H groups in total. The molecule has 0 bridgehead atoms. The number of rotatable bonds is 6. The smallest absolute Gasteiger partial charge is 0.266 e.